The topological polar surface area (TPSA) is 77.7 Å². The predicted octanol–water partition coefficient (Wildman–Crippen LogP) is 4.84. The SMILES string of the molecule is COc1ccc(CN2CC(c3nc(-c4ccc(OCc5ccccc5)cc4)no3)CC2=O)cc1. The molecule has 0 saturated carbocycles. The second kappa shape index (κ2) is 9.79. The highest BCUT2D eigenvalue weighted by Gasteiger charge is 2.34. The van der Waals surface area contributed by atoms with Crippen molar-refractivity contribution in [3.63, 3.8) is 0 Å². The van der Waals surface area contributed by atoms with Crippen molar-refractivity contribution in [2.45, 2.75) is 25.5 Å². The first kappa shape index (κ1) is 21.7. The van der Waals surface area contributed by atoms with Crippen LogP contribution < -0.4 is 9.47 Å². The summed E-state index contributed by atoms with van der Waals surface area (Å²) in [5.41, 5.74) is 3.00. The first-order chi connectivity index (χ1) is 16.7. The number of hydrogen-bond donors (Lipinski definition) is 0. The molecule has 5 rings (SSSR count). The third-order valence-corrected chi connectivity index (χ3v) is 5.90. The average Bonchev–Trinajstić information content (AvgIpc) is 3.51. The average molecular weight is 456 g/mol. The fraction of sp³-hybridized carbons (Fsp3) is 0.222. The lowest BCUT2D eigenvalue weighted by atomic mass is 10.1. The Morgan fingerprint density at radius 2 is 1.68 bits per heavy atom. The molecular weight excluding hydrogens is 430 g/mol. The van der Waals surface area contributed by atoms with Gasteiger partial charge in [-0.05, 0) is 47.5 Å². The monoisotopic (exact) mass is 455 g/mol. The molecule has 1 aromatic heterocycles. The molecule has 7 nitrogen and oxygen atoms in total. The lowest BCUT2D eigenvalue weighted by molar-refractivity contribution is -0.128. The molecule has 4 aromatic rings. The molecule has 1 saturated heterocycles. The Morgan fingerprint density at radius 3 is 2.41 bits per heavy atom. The molecule has 1 fully saturated rings. The van der Waals surface area contributed by atoms with Crippen molar-refractivity contribution in [3.05, 3.63) is 95.9 Å². The molecule has 1 amide bonds. The Hall–Kier alpha value is -4.13. The lowest BCUT2D eigenvalue weighted by Gasteiger charge is -2.16. The van der Waals surface area contributed by atoms with Gasteiger partial charge >= 0.3 is 0 Å². The van der Waals surface area contributed by atoms with E-state index in [1.807, 2.05) is 83.8 Å². The standard InChI is InChI=1S/C27H25N3O4/c1-32-23-11-7-19(8-12-23)16-30-17-22(15-25(30)31)27-28-26(29-34-27)21-9-13-24(14-10-21)33-18-20-5-3-2-4-6-20/h2-14,22H,15-18H2,1H3. The molecule has 1 unspecified atom stereocenters. The second-order valence-corrected chi connectivity index (χ2v) is 8.28. The fourth-order valence-electron chi connectivity index (χ4n) is 4.00. The molecule has 0 spiro atoms. The van der Waals surface area contributed by atoms with E-state index >= 15 is 0 Å². The van der Waals surface area contributed by atoms with Crippen LogP contribution in [0.2, 0.25) is 0 Å². The number of benzene rings is 3. The highest BCUT2D eigenvalue weighted by atomic mass is 16.5. The van der Waals surface area contributed by atoms with Crippen molar-refractivity contribution in [3.8, 4) is 22.9 Å². The summed E-state index contributed by atoms with van der Waals surface area (Å²) in [6.45, 7) is 1.61. The zero-order valence-corrected chi connectivity index (χ0v) is 18.9. The Bertz CT molecular complexity index is 1240. The summed E-state index contributed by atoms with van der Waals surface area (Å²) in [6.07, 6.45) is 0.365. The van der Waals surface area contributed by atoms with Gasteiger partial charge in [0.15, 0.2) is 0 Å². The van der Waals surface area contributed by atoms with E-state index < -0.39 is 0 Å². The highest BCUT2D eigenvalue weighted by molar-refractivity contribution is 5.79. The van der Waals surface area contributed by atoms with Gasteiger partial charge in [0.25, 0.3) is 0 Å². The van der Waals surface area contributed by atoms with Gasteiger partial charge in [-0.3, -0.25) is 4.79 Å². The van der Waals surface area contributed by atoms with Crippen LogP contribution >= 0.6 is 0 Å². The van der Waals surface area contributed by atoms with E-state index in [4.69, 9.17) is 14.0 Å². The Labute approximate surface area is 197 Å². The van der Waals surface area contributed by atoms with E-state index in [9.17, 15) is 4.79 Å². The van der Waals surface area contributed by atoms with Gasteiger partial charge < -0.3 is 18.9 Å². The van der Waals surface area contributed by atoms with Crippen LogP contribution in [-0.4, -0.2) is 34.6 Å². The van der Waals surface area contributed by atoms with Crippen LogP contribution in [0.15, 0.2) is 83.4 Å². The van der Waals surface area contributed by atoms with Gasteiger partial charge in [-0.2, -0.15) is 4.98 Å². The van der Waals surface area contributed by atoms with E-state index in [1.165, 1.54) is 0 Å². The number of carbonyl (C=O) groups is 1. The molecule has 1 aliphatic heterocycles. The predicted molar refractivity (Wildman–Crippen MR) is 126 cm³/mol. The molecule has 3 aromatic carbocycles. The Balaban J connectivity index is 1.20. The minimum Gasteiger partial charge on any atom is -0.497 e. The van der Waals surface area contributed by atoms with E-state index in [-0.39, 0.29) is 11.8 Å². The van der Waals surface area contributed by atoms with Crippen molar-refractivity contribution in [1.82, 2.24) is 15.0 Å². The van der Waals surface area contributed by atoms with Crippen molar-refractivity contribution >= 4 is 5.91 Å². The third-order valence-electron chi connectivity index (χ3n) is 5.90. The normalized spacial score (nSPS) is 15.5. The minimum atomic E-state index is -0.111. The van der Waals surface area contributed by atoms with Crippen LogP contribution in [0.4, 0.5) is 0 Å². The van der Waals surface area contributed by atoms with Crippen LogP contribution in [0, 0.1) is 0 Å². The summed E-state index contributed by atoms with van der Waals surface area (Å²) in [5.74, 6) is 2.53. The summed E-state index contributed by atoms with van der Waals surface area (Å²) in [4.78, 5) is 19.0. The maximum atomic E-state index is 12.6. The van der Waals surface area contributed by atoms with Crippen molar-refractivity contribution in [2.24, 2.45) is 0 Å². The summed E-state index contributed by atoms with van der Waals surface area (Å²) in [6, 6.07) is 25.4. The largest absolute Gasteiger partial charge is 0.497 e. The van der Waals surface area contributed by atoms with E-state index in [0.717, 1.165) is 28.2 Å². The molecule has 0 N–H and O–H groups in total. The van der Waals surface area contributed by atoms with Gasteiger partial charge in [-0.1, -0.05) is 47.6 Å². The van der Waals surface area contributed by atoms with E-state index in [1.54, 1.807) is 7.11 Å². The zero-order chi connectivity index (χ0) is 23.3. The Kier molecular flexibility index (Phi) is 6.25. The van der Waals surface area contributed by atoms with Gasteiger partial charge in [0.05, 0.1) is 13.0 Å². The van der Waals surface area contributed by atoms with Gasteiger partial charge in [-0.25, -0.2) is 0 Å². The molecule has 1 atom stereocenters. The first-order valence-electron chi connectivity index (χ1n) is 11.2. The number of ether oxygens (including phenoxy) is 2. The van der Waals surface area contributed by atoms with Crippen LogP contribution in [-0.2, 0) is 17.9 Å². The van der Waals surface area contributed by atoms with Crippen LogP contribution in [0.5, 0.6) is 11.5 Å². The zero-order valence-electron chi connectivity index (χ0n) is 18.9. The number of nitrogens with zero attached hydrogens (tertiary/aromatic N) is 3. The second-order valence-electron chi connectivity index (χ2n) is 8.28. The summed E-state index contributed by atoms with van der Waals surface area (Å²) >= 11 is 0. The molecule has 0 bridgehead atoms. The molecular formula is C27H25N3O4. The molecule has 34 heavy (non-hydrogen) atoms. The molecule has 7 heteroatoms. The number of methoxy groups -OCH3 is 1. The molecule has 172 valence electrons. The van der Waals surface area contributed by atoms with Crippen LogP contribution in [0.1, 0.15) is 29.4 Å². The van der Waals surface area contributed by atoms with Crippen molar-refractivity contribution in [2.75, 3.05) is 13.7 Å². The third kappa shape index (κ3) is 4.93. The van der Waals surface area contributed by atoms with E-state index in [2.05, 4.69) is 10.1 Å². The quantitative estimate of drug-likeness (QED) is 0.378. The molecule has 1 aliphatic rings. The summed E-state index contributed by atoms with van der Waals surface area (Å²) < 4.78 is 16.6. The highest BCUT2D eigenvalue weighted by Crippen LogP contribution is 2.30. The van der Waals surface area contributed by atoms with Gasteiger partial charge in [0.1, 0.15) is 18.1 Å². The number of carbonyl (C=O) groups excluding carboxylic acids is 1. The van der Waals surface area contributed by atoms with E-state index in [0.29, 0.717) is 37.8 Å². The number of amides is 1. The number of rotatable bonds is 8. The molecule has 2 heterocycles. The Morgan fingerprint density at radius 1 is 0.941 bits per heavy atom. The minimum absolute atomic E-state index is 0.0838. The van der Waals surface area contributed by atoms with Crippen molar-refractivity contribution in [1.29, 1.82) is 0 Å². The fourth-order valence-corrected chi connectivity index (χ4v) is 4.00. The summed E-state index contributed by atoms with van der Waals surface area (Å²) in [7, 11) is 1.64. The van der Waals surface area contributed by atoms with Crippen LogP contribution in [0.25, 0.3) is 11.4 Å². The van der Waals surface area contributed by atoms with Gasteiger partial charge in [-0.15, -0.1) is 0 Å². The molecule has 0 radical (unpaired) electrons. The first-order valence-corrected chi connectivity index (χ1v) is 11.2. The summed E-state index contributed by atoms with van der Waals surface area (Å²) in [5, 5.41) is 4.14. The van der Waals surface area contributed by atoms with Gasteiger partial charge in [0.2, 0.25) is 17.6 Å². The number of hydrogen-bond acceptors (Lipinski definition) is 6. The number of likely N-dealkylation sites (tertiary alicyclic amines) is 1. The van der Waals surface area contributed by atoms with Crippen molar-refractivity contribution < 1.29 is 18.8 Å². The number of aromatic nitrogens is 2. The van der Waals surface area contributed by atoms with Gasteiger partial charge in [0, 0.05) is 25.1 Å². The maximum Gasteiger partial charge on any atom is 0.232 e. The van der Waals surface area contributed by atoms with Crippen LogP contribution in [0.3, 0.4) is 0 Å². The molecule has 0 aliphatic carbocycles. The maximum absolute atomic E-state index is 12.6. The lowest BCUT2D eigenvalue weighted by Crippen LogP contribution is -2.24. The smallest absolute Gasteiger partial charge is 0.232 e.